The van der Waals surface area contributed by atoms with Gasteiger partial charge >= 0.3 is 0 Å². The summed E-state index contributed by atoms with van der Waals surface area (Å²) in [5.74, 6) is 0.191. The van der Waals surface area contributed by atoms with E-state index >= 15 is 0 Å². The number of H-pyrrole nitrogens is 1. The van der Waals surface area contributed by atoms with E-state index in [1.807, 2.05) is 0 Å². The first kappa shape index (κ1) is 12.4. The Labute approximate surface area is 114 Å². The molecule has 0 aliphatic heterocycles. The molecule has 0 saturated heterocycles. The van der Waals surface area contributed by atoms with Crippen molar-refractivity contribution >= 4 is 10.9 Å². The molecule has 1 heterocycles. The Morgan fingerprint density at radius 2 is 1.85 bits per heavy atom. The number of hydrogen-bond acceptors (Lipinski definition) is 2. The fraction of sp³-hybridized carbons (Fsp3) is 0.0625. The van der Waals surface area contributed by atoms with Crippen molar-refractivity contribution < 1.29 is 9.13 Å². The zero-order valence-electron chi connectivity index (χ0n) is 10.8. The molecule has 0 radical (unpaired) electrons. The smallest absolute Gasteiger partial charge is 0.200 e. The van der Waals surface area contributed by atoms with E-state index in [0.29, 0.717) is 16.8 Å². The van der Waals surface area contributed by atoms with Crippen molar-refractivity contribution in [2.45, 2.75) is 0 Å². The molecule has 0 amide bonds. The van der Waals surface area contributed by atoms with Gasteiger partial charge in [0.1, 0.15) is 11.6 Å². The molecule has 3 rings (SSSR count). The molecule has 0 atom stereocenters. The number of aromatic nitrogens is 1. The van der Waals surface area contributed by atoms with Crippen molar-refractivity contribution in [3.05, 3.63) is 64.7 Å². The number of nitrogens with one attached hydrogen (secondary N) is 1. The van der Waals surface area contributed by atoms with E-state index in [2.05, 4.69) is 4.98 Å². The molecule has 100 valence electrons. The first-order valence-corrected chi connectivity index (χ1v) is 6.15. The Morgan fingerprint density at radius 3 is 2.55 bits per heavy atom. The van der Waals surface area contributed by atoms with Gasteiger partial charge in [-0.15, -0.1) is 0 Å². The Bertz CT molecular complexity index is 822. The maximum Gasteiger partial charge on any atom is 0.200 e. The predicted molar refractivity (Wildman–Crippen MR) is 76.5 cm³/mol. The molecule has 20 heavy (non-hydrogen) atoms. The van der Waals surface area contributed by atoms with E-state index in [9.17, 15) is 9.18 Å². The highest BCUT2D eigenvalue weighted by Crippen LogP contribution is 2.21. The molecule has 2 aromatic carbocycles. The lowest BCUT2D eigenvalue weighted by atomic mass is 10.0. The summed E-state index contributed by atoms with van der Waals surface area (Å²) in [5, 5.41) is 0.0841. The topological polar surface area (TPSA) is 42.1 Å². The average Bonchev–Trinajstić information content (AvgIpc) is 2.48. The van der Waals surface area contributed by atoms with Crippen molar-refractivity contribution in [3.8, 4) is 16.9 Å². The van der Waals surface area contributed by atoms with Crippen LogP contribution in [0, 0.1) is 5.82 Å². The number of ether oxygens (including phenoxy) is 1. The second-order valence-corrected chi connectivity index (χ2v) is 4.42. The minimum atomic E-state index is -0.515. The molecule has 0 fully saturated rings. The highest BCUT2D eigenvalue weighted by atomic mass is 19.1. The van der Waals surface area contributed by atoms with Crippen LogP contribution >= 0.6 is 0 Å². The molecule has 3 aromatic rings. The monoisotopic (exact) mass is 269 g/mol. The van der Waals surface area contributed by atoms with Gasteiger partial charge in [0.15, 0.2) is 5.43 Å². The van der Waals surface area contributed by atoms with Gasteiger partial charge in [0, 0.05) is 11.8 Å². The lowest BCUT2D eigenvalue weighted by molar-refractivity contribution is 0.415. The van der Waals surface area contributed by atoms with E-state index in [-0.39, 0.29) is 10.8 Å². The van der Waals surface area contributed by atoms with Crippen LogP contribution in [0.2, 0.25) is 0 Å². The standard InChI is InChI=1S/C16H12FNO2/c1-20-11-7-5-10(6-8-11)12-9-18-14-4-2-3-13(17)15(14)16(12)19/h2-9H,1H3,(H,18,19). The van der Waals surface area contributed by atoms with Crippen LogP contribution in [0.4, 0.5) is 4.39 Å². The van der Waals surface area contributed by atoms with Crippen LogP contribution in [0.5, 0.6) is 5.75 Å². The van der Waals surface area contributed by atoms with E-state index < -0.39 is 5.82 Å². The molecule has 0 saturated carbocycles. The number of benzene rings is 2. The van der Waals surface area contributed by atoms with Crippen LogP contribution in [0.25, 0.3) is 22.0 Å². The number of aromatic amines is 1. The van der Waals surface area contributed by atoms with Gasteiger partial charge in [-0.1, -0.05) is 18.2 Å². The SMILES string of the molecule is COc1ccc(-c2c[nH]c3cccc(F)c3c2=O)cc1. The number of halogens is 1. The minimum Gasteiger partial charge on any atom is -0.497 e. The van der Waals surface area contributed by atoms with Crippen molar-refractivity contribution in [1.82, 2.24) is 4.98 Å². The summed E-state index contributed by atoms with van der Waals surface area (Å²) in [4.78, 5) is 15.4. The Morgan fingerprint density at radius 1 is 1.10 bits per heavy atom. The highest BCUT2D eigenvalue weighted by Gasteiger charge is 2.10. The van der Waals surface area contributed by atoms with Gasteiger partial charge in [-0.25, -0.2) is 4.39 Å². The van der Waals surface area contributed by atoms with Crippen LogP contribution in [-0.2, 0) is 0 Å². The number of fused-ring (bicyclic) bond motifs is 1. The molecular weight excluding hydrogens is 257 g/mol. The Balaban J connectivity index is 2.24. The van der Waals surface area contributed by atoms with E-state index in [1.54, 1.807) is 49.7 Å². The molecule has 4 heteroatoms. The summed E-state index contributed by atoms with van der Waals surface area (Å²) < 4.78 is 18.9. The summed E-state index contributed by atoms with van der Waals surface area (Å²) in [7, 11) is 1.58. The van der Waals surface area contributed by atoms with E-state index in [1.165, 1.54) is 6.07 Å². The second-order valence-electron chi connectivity index (χ2n) is 4.42. The molecule has 0 spiro atoms. The van der Waals surface area contributed by atoms with Gasteiger partial charge < -0.3 is 9.72 Å². The van der Waals surface area contributed by atoms with Crippen LogP contribution in [0.1, 0.15) is 0 Å². The van der Waals surface area contributed by atoms with Crippen molar-refractivity contribution in [3.63, 3.8) is 0 Å². The Kier molecular flexibility index (Phi) is 2.99. The number of rotatable bonds is 2. The first-order chi connectivity index (χ1) is 9.70. The van der Waals surface area contributed by atoms with Gasteiger partial charge in [-0.3, -0.25) is 4.79 Å². The molecular formula is C16H12FNO2. The van der Waals surface area contributed by atoms with Crippen molar-refractivity contribution in [2.75, 3.05) is 7.11 Å². The van der Waals surface area contributed by atoms with E-state index in [4.69, 9.17) is 4.74 Å². The van der Waals surface area contributed by atoms with Crippen LogP contribution in [-0.4, -0.2) is 12.1 Å². The van der Waals surface area contributed by atoms with Gasteiger partial charge in [0.2, 0.25) is 0 Å². The highest BCUT2D eigenvalue weighted by molar-refractivity contribution is 5.83. The zero-order valence-corrected chi connectivity index (χ0v) is 10.8. The Hall–Kier alpha value is -2.62. The van der Waals surface area contributed by atoms with Crippen LogP contribution in [0.15, 0.2) is 53.5 Å². The fourth-order valence-electron chi connectivity index (χ4n) is 2.21. The second kappa shape index (κ2) is 4.81. The predicted octanol–water partition coefficient (Wildman–Crippen LogP) is 3.34. The van der Waals surface area contributed by atoms with Crippen molar-refractivity contribution in [2.24, 2.45) is 0 Å². The van der Waals surface area contributed by atoms with Crippen molar-refractivity contribution in [1.29, 1.82) is 0 Å². The molecule has 3 nitrogen and oxygen atoms in total. The van der Waals surface area contributed by atoms with E-state index in [0.717, 1.165) is 5.56 Å². The van der Waals surface area contributed by atoms with Gasteiger partial charge in [-0.05, 0) is 29.8 Å². The minimum absolute atomic E-state index is 0.0841. The number of hydrogen-bond donors (Lipinski definition) is 1. The molecule has 1 N–H and O–H groups in total. The molecule has 1 aromatic heterocycles. The third kappa shape index (κ3) is 1.95. The normalized spacial score (nSPS) is 10.7. The maximum atomic E-state index is 13.8. The van der Waals surface area contributed by atoms with Gasteiger partial charge in [0.05, 0.1) is 18.0 Å². The third-order valence-corrected chi connectivity index (χ3v) is 3.26. The summed E-state index contributed by atoms with van der Waals surface area (Å²) in [6.07, 6.45) is 1.60. The lowest BCUT2D eigenvalue weighted by Crippen LogP contribution is -2.08. The zero-order chi connectivity index (χ0) is 14.1. The molecule has 0 aliphatic rings. The van der Waals surface area contributed by atoms with Crippen LogP contribution < -0.4 is 10.2 Å². The summed E-state index contributed by atoms with van der Waals surface area (Å²) >= 11 is 0. The number of pyridine rings is 1. The number of methoxy groups -OCH3 is 1. The molecule has 0 aliphatic carbocycles. The summed E-state index contributed by atoms with van der Waals surface area (Å²) in [6.45, 7) is 0. The lowest BCUT2D eigenvalue weighted by Gasteiger charge is -2.05. The largest absolute Gasteiger partial charge is 0.497 e. The summed E-state index contributed by atoms with van der Waals surface area (Å²) in [6, 6.07) is 11.6. The third-order valence-electron chi connectivity index (χ3n) is 3.26. The average molecular weight is 269 g/mol. The van der Waals surface area contributed by atoms with Gasteiger partial charge in [0.25, 0.3) is 0 Å². The maximum absolute atomic E-state index is 13.8. The summed E-state index contributed by atoms with van der Waals surface area (Å²) in [5.41, 5.74) is 1.33. The molecule has 0 bridgehead atoms. The first-order valence-electron chi connectivity index (χ1n) is 6.15. The molecule has 0 unspecified atom stereocenters. The van der Waals surface area contributed by atoms with Gasteiger partial charge in [-0.2, -0.15) is 0 Å². The van der Waals surface area contributed by atoms with Crippen LogP contribution in [0.3, 0.4) is 0 Å². The quantitative estimate of drug-likeness (QED) is 0.775. The fourth-order valence-corrected chi connectivity index (χ4v) is 2.21.